The van der Waals surface area contributed by atoms with E-state index in [9.17, 15) is 0 Å². The molecule has 0 amide bonds. The van der Waals surface area contributed by atoms with E-state index >= 15 is 0 Å². The summed E-state index contributed by atoms with van der Waals surface area (Å²) in [5.74, 6) is 1.38. The lowest BCUT2D eigenvalue weighted by Crippen LogP contribution is -2.10. The van der Waals surface area contributed by atoms with Crippen LogP contribution in [0.25, 0.3) is 44.0 Å². The topological polar surface area (TPSA) is 9.86 Å². The quantitative estimate of drug-likeness (QED) is 0.0600. The lowest BCUT2D eigenvalue weighted by atomic mass is 9.89. The van der Waals surface area contributed by atoms with Crippen molar-refractivity contribution in [2.24, 2.45) is 11.8 Å². The molecular weight excluding hydrogens is 629 g/mol. The molecular formula is C50H74N2. The van der Waals surface area contributed by atoms with Crippen LogP contribution in [0.3, 0.4) is 0 Å². The van der Waals surface area contributed by atoms with E-state index in [-0.39, 0.29) is 0 Å². The molecule has 284 valence electrons. The van der Waals surface area contributed by atoms with Crippen LogP contribution in [0, 0.1) is 25.7 Å². The third-order valence-electron chi connectivity index (χ3n) is 12.4. The first-order valence-corrected chi connectivity index (χ1v) is 22.1. The average molecular weight is 703 g/mol. The van der Waals surface area contributed by atoms with Gasteiger partial charge >= 0.3 is 0 Å². The predicted molar refractivity (Wildman–Crippen MR) is 232 cm³/mol. The van der Waals surface area contributed by atoms with E-state index in [4.69, 9.17) is 0 Å². The molecule has 5 aromatic rings. The minimum absolute atomic E-state index is 0.683. The fraction of sp³-hybridized carbons (Fsp3) is 0.600. The molecule has 52 heavy (non-hydrogen) atoms. The molecule has 5 rings (SSSR count). The molecule has 0 aliphatic carbocycles. The monoisotopic (exact) mass is 703 g/mol. The van der Waals surface area contributed by atoms with Gasteiger partial charge in [-0.1, -0.05) is 155 Å². The van der Waals surface area contributed by atoms with E-state index < -0.39 is 0 Å². The van der Waals surface area contributed by atoms with Crippen LogP contribution in [0.2, 0.25) is 0 Å². The Morgan fingerprint density at radius 1 is 0.500 bits per heavy atom. The van der Waals surface area contributed by atoms with Crippen molar-refractivity contribution in [1.29, 1.82) is 0 Å². The summed E-state index contributed by atoms with van der Waals surface area (Å²) in [6.07, 6.45) is 23.1. The lowest BCUT2D eigenvalue weighted by Gasteiger charge is -2.19. The largest absolute Gasteiger partial charge is 0.338 e. The van der Waals surface area contributed by atoms with Crippen LogP contribution in [-0.4, -0.2) is 9.13 Å². The van der Waals surface area contributed by atoms with Gasteiger partial charge in [0.25, 0.3) is 0 Å². The molecule has 2 heterocycles. The Morgan fingerprint density at radius 2 is 1.02 bits per heavy atom. The molecule has 0 radical (unpaired) electrons. The number of nitrogens with zero attached hydrogens (tertiary/aromatic N) is 2. The van der Waals surface area contributed by atoms with Crippen LogP contribution in [0.1, 0.15) is 167 Å². The van der Waals surface area contributed by atoms with Crippen molar-refractivity contribution in [3.63, 3.8) is 0 Å². The molecule has 3 aromatic carbocycles. The number of hydrogen-bond donors (Lipinski definition) is 0. The number of aryl methyl sites for hydroxylation is 4. The van der Waals surface area contributed by atoms with Crippen LogP contribution in [-0.2, 0) is 25.9 Å². The molecule has 0 spiro atoms. The highest BCUT2D eigenvalue weighted by atomic mass is 15.1. The van der Waals surface area contributed by atoms with E-state index in [0.717, 1.165) is 13.1 Å². The molecule has 0 saturated carbocycles. The van der Waals surface area contributed by atoms with Crippen molar-refractivity contribution >= 4 is 32.8 Å². The van der Waals surface area contributed by atoms with Gasteiger partial charge in [-0.15, -0.1) is 0 Å². The Morgan fingerprint density at radius 3 is 1.56 bits per heavy atom. The van der Waals surface area contributed by atoms with Gasteiger partial charge in [0, 0.05) is 23.9 Å². The standard InChI is InChI=1S/C50H74N2/c1-9-15-19-21-25-41-33-46(42(32-38(41)8)26-22-20-16-10-2)43-28-30-45-48(34-43)52(36-40(14-6)24-18-12-4)49-44-29-27-37(7)31-47(44)51(50(45)49)35-39(13-5)23-17-11-3/h27-34,39-40H,9-26,35-36H2,1-8H3. The van der Waals surface area contributed by atoms with Gasteiger partial charge in [0.15, 0.2) is 0 Å². The highest BCUT2D eigenvalue weighted by Gasteiger charge is 2.24. The second-order valence-corrected chi connectivity index (χ2v) is 16.6. The van der Waals surface area contributed by atoms with Gasteiger partial charge < -0.3 is 9.13 Å². The molecule has 2 aromatic heterocycles. The van der Waals surface area contributed by atoms with Crippen LogP contribution >= 0.6 is 0 Å². The number of aromatic nitrogens is 2. The molecule has 2 heteroatoms. The third-order valence-corrected chi connectivity index (χ3v) is 12.4. The van der Waals surface area contributed by atoms with Gasteiger partial charge in [-0.25, -0.2) is 0 Å². The summed E-state index contributed by atoms with van der Waals surface area (Å²) in [6, 6.07) is 20.1. The fourth-order valence-electron chi connectivity index (χ4n) is 9.00. The normalized spacial score (nSPS) is 13.2. The smallest absolute Gasteiger partial charge is 0.0754 e. The Kier molecular flexibility index (Phi) is 15.4. The van der Waals surface area contributed by atoms with Crippen molar-refractivity contribution in [3.8, 4) is 11.1 Å². The average Bonchev–Trinajstić information content (AvgIpc) is 3.63. The number of benzene rings is 3. The highest BCUT2D eigenvalue weighted by molar-refractivity contribution is 6.18. The third kappa shape index (κ3) is 9.37. The van der Waals surface area contributed by atoms with Crippen molar-refractivity contribution < 1.29 is 0 Å². The molecule has 0 saturated heterocycles. The van der Waals surface area contributed by atoms with Crippen LogP contribution in [0.4, 0.5) is 0 Å². The van der Waals surface area contributed by atoms with Gasteiger partial charge in [-0.05, 0) is 110 Å². The fourth-order valence-corrected chi connectivity index (χ4v) is 9.00. The first-order chi connectivity index (χ1) is 25.4. The lowest BCUT2D eigenvalue weighted by molar-refractivity contribution is 0.399. The number of unbranched alkanes of at least 4 members (excludes halogenated alkanes) is 8. The van der Waals surface area contributed by atoms with Crippen LogP contribution in [0.5, 0.6) is 0 Å². The zero-order valence-corrected chi connectivity index (χ0v) is 34.8. The SMILES string of the molecule is CCCCCCc1cc(-c2ccc3c(c2)n(CC(CC)CCCC)c2c4ccc(C)cc4n(CC(CC)CCCC)c32)c(CCCCCC)cc1C. The van der Waals surface area contributed by atoms with E-state index in [1.165, 1.54) is 171 Å². The van der Waals surface area contributed by atoms with E-state index in [1.54, 1.807) is 11.1 Å². The maximum absolute atomic E-state index is 2.79. The molecule has 0 bridgehead atoms. The Balaban J connectivity index is 1.74. The van der Waals surface area contributed by atoms with E-state index in [2.05, 4.69) is 113 Å². The Labute approximate surface area is 318 Å². The number of fused-ring (bicyclic) bond motifs is 5. The van der Waals surface area contributed by atoms with Crippen molar-refractivity contribution in [2.75, 3.05) is 0 Å². The van der Waals surface area contributed by atoms with E-state index in [0.29, 0.717) is 11.8 Å². The first-order valence-electron chi connectivity index (χ1n) is 22.1. The van der Waals surface area contributed by atoms with Gasteiger partial charge in [-0.3, -0.25) is 0 Å². The summed E-state index contributed by atoms with van der Waals surface area (Å²) in [6.45, 7) is 21.0. The van der Waals surface area contributed by atoms with Crippen molar-refractivity contribution in [2.45, 2.75) is 184 Å². The summed E-state index contributed by atoms with van der Waals surface area (Å²) >= 11 is 0. The first kappa shape index (κ1) is 40.2. The molecule has 0 N–H and O–H groups in total. The van der Waals surface area contributed by atoms with Gasteiger partial charge in [0.05, 0.1) is 22.1 Å². The second-order valence-electron chi connectivity index (χ2n) is 16.6. The van der Waals surface area contributed by atoms with Gasteiger partial charge in [0.2, 0.25) is 0 Å². The summed E-state index contributed by atoms with van der Waals surface area (Å²) in [7, 11) is 0. The maximum atomic E-state index is 2.79. The van der Waals surface area contributed by atoms with Crippen molar-refractivity contribution in [1.82, 2.24) is 9.13 Å². The van der Waals surface area contributed by atoms with Crippen LogP contribution < -0.4 is 0 Å². The Hall–Kier alpha value is -3.00. The maximum Gasteiger partial charge on any atom is 0.0754 e. The summed E-state index contributed by atoms with van der Waals surface area (Å²) in [4.78, 5) is 0. The van der Waals surface area contributed by atoms with Gasteiger partial charge in [0.1, 0.15) is 0 Å². The summed E-state index contributed by atoms with van der Waals surface area (Å²) in [5, 5.41) is 2.88. The summed E-state index contributed by atoms with van der Waals surface area (Å²) < 4.78 is 5.55. The minimum Gasteiger partial charge on any atom is -0.338 e. The number of hydrogen-bond acceptors (Lipinski definition) is 0. The summed E-state index contributed by atoms with van der Waals surface area (Å²) in [5.41, 5.74) is 14.7. The predicted octanol–water partition coefficient (Wildman–Crippen LogP) is 15.7. The molecule has 2 unspecified atom stereocenters. The molecule has 2 nitrogen and oxygen atoms in total. The minimum atomic E-state index is 0.683. The van der Waals surface area contributed by atoms with Crippen LogP contribution in [0.15, 0.2) is 48.5 Å². The Bertz CT molecular complexity index is 1850. The number of rotatable bonds is 23. The molecule has 0 fully saturated rings. The zero-order valence-electron chi connectivity index (χ0n) is 34.8. The van der Waals surface area contributed by atoms with Gasteiger partial charge in [-0.2, -0.15) is 0 Å². The van der Waals surface area contributed by atoms with E-state index in [1.807, 2.05) is 0 Å². The zero-order chi connectivity index (χ0) is 37.0. The highest BCUT2D eigenvalue weighted by Crippen LogP contribution is 2.41. The molecule has 0 aliphatic heterocycles. The molecule has 2 atom stereocenters. The molecule has 0 aliphatic rings. The van der Waals surface area contributed by atoms with Crippen molar-refractivity contribution in [3.05, 3.63) is 70.8 Å². The second kappa shape index (κ2) is 19.9.